The van der Waals surface area contributed by atoms with E-state index in [-0.39, 0.29) is 0 Å². The minimum absolute atomic E-state index is 0.719. The van der Waals surface area contributed by atoms with E-state index in [4.69, 9.17) is 5.73 Å². The fourth-order valence-electron chi connectivity index (χ4n) is 0.394. The fourth-order valence-corrected chi connectivity index (χ4v) is 0.858. The Morgan fingerprint density at radius 3 is 3.25 bits per heavy atom. The highest BCUT2D eigenvalue weighted by molar-refractivity contribution is 7.03. The maximum absolute atomic E-state index is 5.13. The van der Waals surface area contributed by atoms with Gasteiger partial charge in [0.05, 0.1) is 5.69 Å². The molecule has 8 heavy (non-hydrogen) atoms. The van der Waals surface area contributed by atoms with Gasteiger partial charge in [-0.05, 0) is 11.5 Å². The molecule has 1 aromatic rings. The molecule has 0 bridgehead atoms. The Morgan fingerprint density at radius 1 is 1.88 bits per heavy atom. The first-order valence-corrected chi connectivity index (χ1v) is 3.06. The zero-order valence-electron chi connectivity index (χ0n) is 4.24. The zero-order valence-corrected chi connectivity index (χ0v) is 5.06. The summed E-state index contributed by atoms with van der Waals surface area (Å²) in [5.74, 6) is 0. The van der Waals surface area contributed by atoms with E-state index in [1.807, 2.05) is 5.38 Å². The summed E-state index contributed by atoms with van der Waals surface area (Å²) in [6.07, 6.45) is 0.719. The second kappa shape index (κ2) is 2.74. The zero-order chi connectivity index (χ0) is 5.82. The van der Waals surface area contributed by atoms with E-state index < -0.39 is 0 Å². The van der Waals surface area contributed by atoms with E-state index >= 15 is 0 Å². The number of nitrogens with zero attached hydrogens (tertiary/aromatic N) is 2. The van der Waals surface area contributed by atoms with Gasteiger partial charge < -0.3 is 5.73 Å². The van der Waals surface area contributed by atoms with Gasteiger partial charge in [0.1, 0.15) is 0 Å². The highest BCUT2D eigenvalue weighted by Crippen LogP contribution is 1.96. The molecule has 2 N–H and O–H groups in total. The van der Waals surface area contributed by atoms with Crippen LogP contribution in [0.2, 0.25) is 0 Å². The molecule has 0 saturated heterocycles. The van der Waals surface area contributed by atoms with Gasteiger partial charge in [-0.25, -0.2) is 0 Å². The number of hydrogen-bond acceptors (Lipinski definition) is 4. The first-order valence-electron chi connectivity index (χ1n) is 2.23. The molecule has 43 valence electrons. The lowest BCUT2D eigenvalue weighted by atomic mass is 10.4. The SMILES string of the molecule is N[CH]Cc1csnn1. The average molecular weight is 128 g/mol. The van der Waals surface area contributed by atoms with Gasteiger partial charge in [0.25, 0.3) is 0 Å². The van der Waals surface area contributed by atoms with E-state index in [0.29, 0.717) is 0 Å². The summed E-state index contributed by atoms with van der Waals surface area (Å²) in [5, 5.41) is 5.64. The molecule has 0 aliphatic carbocycles. The van der Waals surface area contributed by atoms with Gasteiger partial charge in [0, 0.05) is 18.3 Å². The number of nitrogens with two attached hydrogens (primary N) is 1. The van der Waals surface area contributed by atoms with Crippen LogP contribution in [0, 0.1) is 6.54 Å². The number of rotatable bonds is 2. The second-order valence-corrected chi connectivity index (χ2v) is 1.95. The molecule has 0 aromatic carbocycles. The summed E-state index contributed by atoms with van der Waals surface area (Å²) >= 11 is 1.34. The molecular formula is C4H6N3S. The largest absolute Gasteiger partial charge is 0.326 e. The third-order valence-electron chi connectivity index (χ3n) is 0.732. The monoisotopic (exact) mass is 128 g/mol. The van der Waals surface area contributed by atoms with Crippen LogP contribution < -0.4 is 5.73 Å². The van der Waals surface area contributed by atoms with Crippen molar-refractivity contribution in [1.29, 1.82) is 0 Å². The number of aromatic nitrogens is 2. The van der Waals surface area contributed by atoms with Gasteiger partial charge in [-0.3, -0.25) is 0 Å². The van der Waals surface area contributed by atoms with Crippen molar-refractivity contribution in [1.82, 2.24) is 9.59 Å². The Bertz CT molecular complexity index is 137. The number of hydrogen-bond donors (Lipinski definition) is 1. The average Bonchev–Trinajstić information content (AvgIpc) is 2.19. The van der Waals surface area contributed by atoms with Crippen LogP contribution in [0.1, 0.15) is 5.69 Å². The normalized spacial score (nSPS) is 9.62. The van der Waals surface area contributed by atoms with Gasteiger partial charge in [0.15, 0.2) is 0 Å². The van der Waals surface area contributed by atoms with Gasteiger partial charge in [-0.15, -0.1) is 5.10 Å². The Kier molecular flexibility index (Phi) is 1.93. The lowest BCUT2D eigenvalue weighted by Crippen LogP contribution is -1.94. The minimum Gasteiger partial charge on any atom is -0.326 e. The van der Waals surface area contributed by atoms with Crippen LogP contribution in [0.5, 0.6) is 0 Å². The third kappa shape index (κ3) is 1.24. The molecule has 0 aliphatic heterocycles. The summed E-state index contributed by atoms with van der Waals surface area (Å²) in [4.78, 5) is 0. The van der Waals surface area contributed by atoms with Crippen LogP contribution >= 0.6 is 11.5 Å². The van der Waals surface area contributed by atoms with Crippen molar-refractivity contribution < 1.29 is 0 Å². The van der Waals surface area contributed by atoms with E-state index in [1.54, 1.807) is 6.54 Å². The molecule has 4 heteroatoms. The van der Waals surface area contributed by atoms with Crippen molar-refractivity contribution in [2.45, 2.75) is 6.42 Å². The molecular weight excluding hydrogens is 122 g/mol. The first-order chi connectivity index (χ1) is 3.93. The summed E-state index contributed by atoms with van der Waals surface area (Å²) in [6.45, 7) is 1.57. The highest BCUT2D eigenvalue weighted by Gasteiger charge is 1.90. The van der Waals surface area contributed by atoms with Crippen LogP contribution in [0.3, 0.4) is 0 Å². The Labute approximate surface area is 51.7 Å². The van der Waals surface area contributed by atoms with Crippen molar-refractivity contribution in [2.75, 3.05) is 0 Å². The Morgan fingerprint density at radius 2 is 2.75 bits per heavy atom. The van der Waals surface area contributed by atoms with E-state index in [2.05, 4.69) is 9.59 Å². The molecule has 1 radical (unpaired) electrons. The fraction of sp³-hybridized carbons (Fsp3) is 0.250. The summed E-state index contributed by atoms with van der Waals surface area (Å²) in [6, 6.07) is 0. The summed E-state index contributed by atoms with van der Waals surface area (Å²) in [5.41, 5.74) is 6.07. The maximum Gasteiger partial charge on any atom is 0.0771 e. The van der Waals surface area contributed by atoms with E-state index in [9.17, 15) is 0 Å². The van der Waals surface area contributed by atoms with E-state index in [0.717, 1.165) is 12.1 Å². The van der Waals surface area contributed by atoms with E-state index in [1.165, 1.54) is 11.5 Å². The highest BCUT2D eigenvalue weighted by atomic mass is 32.1. The Hall–Kier alpha value is -0.480. The van der Waals surface area contributed by atoms with Crippen molar-refractivity contribution in [3.8, 4) is 0 Å². The van der Waals surface area contributed by atoms with Crippen molar-refractivity contribution >= 4 is 11.5 Å². The topological polar surface area (TPSA) is 51.8 Å². The maximum atomic E-state index is 5.13. The molecule has 0 unspecified atom stereocenters. The van der Waals surface area contributed by atoms with Crippen molar-refractivity contribution in [2.24, 2.45) is 5.73 Å². The predicted octanol–water partition coefficient (Wildman–Crippen LogP) is 0.201. The minimum atomic E-state index is 0.719. The standard InChI is InChI=1S/C4H6N3S/c5-2-1-4-3-8-7-6-4/h2-3H,1,5H2. The van der Waals surface area contributed by atoms with Crippen LogP contribution in [0.15, 0.2) is 5.38 Å². The molecule has 1 heterocycles. The van der Waals surface area contributed by atoms with Gasteiger partial charge >= 0.3 is 0 Å². The van der Waals surface area contributed by atoms with Crippen molar-refractivity contribution in [3.63, 3.8) is 0 Å². The van der Waals surface area contributed by atoms with Gasteiger partial charge in [-0.2, -0.15) is 0 Å². The predicted molar refractivity (Wildman–Crippen MR) is 32.1 cm³/mol. The molecule has 0 aliphatic rings. The molecule has 3 nitrogen and oxygen atoms in total. The summed E-state index contributed by atoms with van der Waals surface area (Å²) < 4.78 is 3.66. The van der Waals surface area contributed by atoms with Crippen LogP contribution in [0.4, 0.5) is 0 Å². The third-order valence-corrected chi connectivity index (χ3v) is 1.29. The lowest BCUT2D eigenvalue weighted by molar-refractivity contribution is 0.986. The van der Waals surface area contributed by atoms with Crippen LogP contribution in [-0.2, 0) is 6.42 Å². The molecule has 0 spiro atoms. The smallest absolute Gasteiger partial charge is 0.0771 e. The Balaban J connectivity index is 2.50. The van der Waals surface area contributed by atoms with Crippen LogP contribution in [0.25, 0.3) is 0 Å². The molecule has 0 saturated carbocycles. The van der Waals surface area contributed by atoms with Gasteiger partial charge in [0.2, 0.25) is 0 Å². The molecule has 0 amide bonds. The lowest BCUT2D eigenvalue weighted by Gasteiger charge is -1.82. The molecule has 1 rings (SSSR count). The molecule has 0 fully saturated rings. The molecule has 1 aromatic heterocycles. The van der Waals surface area contributed by atoms with Crippen LogP contribution in [-0.4, -0.2) is 9.59 Å². The molecule has 0 atom stereocenters. The second-order valence-electron chi connectivity index (χ2n) is 1.34. The first kappa shape index (κ1) is 5.65. The summed E-state index contributed by atoms with van der Waals surface area (Å²) in [7, 11) is 0. The quantitative estimate of drug-likeness (QED) is 0.619. The van der Waals surface area contributed by atoms with Crippen molar-refractivity contribution in [3.05, 3.63) is 17.6 Å². The van der Waals surface area contributed by atoms with Gasteiger partial charge in [-0.1, -0.05) is 4.49 Å².